The van der Waals surface area contributed by atoms with Gasteiger partial charge in [-0.25, -0.2) is 4.79 Å². The van der Waals surface area contributed by atoms with Crippen LogP contribution in [0, 0.1) is 0 Å². The van der Waals surface area contributed by atoms with Crippen LogP contribution in [0.2, 0.25) is 0 Å². The maximum absolute atomic E-state index is 10.8. The predicted molar refractivity (Wildman–Crippen MR) is 43.3 cm³/mol. The van der Waals surface area contributed by atoms with Gasteiger partial charge in [-0.05, 0) is 6.42 Å². The van der Waals surface area contributed by atoms with Gasteiger partial charge in [0.05, 0.1) is 7.11 Å². The zero-order valence-electron chi connectivity index (χ0n) is 7.29. The molecule has 0 saturated carbocycles. The summed E-state index contributed by atoms with van der Waals surface area (Å²) in [5.74, 6) is -1.64. The molecule has 0 aliphatic carbocycles. The smallest absolute Gasteiger partial charge is 0.396 e. The number of nitrogens with one attached hydrogen (secondary N) is 1. The number of ether oxygens (including phenoxy) is 1. The van der Waals surface area contributed by atoms with Gasteiger partial charge < -0.3 is 15.8 Å². The van der Waals surface area contributed by atoms with Crippen molar-refractivity contribution in [2.75, 3.05) is 13.7 Å². The summed E-state index contributed by atoms with van der Waals surface area (Å²) in [5.41, 5.74) is 5.50. The summed E-state index contributed by atoms with van der Waals surface area (Å²) in [4.78, 5) is 21.3. The molecule has 0 aromatic rings. The van der Waals surface area contributed by atoms with Crippen molar-refractivity contribution in [3.8, 4) is 0 Å². The maximum Gasteiger partial charge on any atom is 0.396 e. The Bertz CT molecular complexity index is 170. The summed E-state index contributed by atoms with van der Waals surface area (Å²) in [6.07, 6.45) is 0.751. The van der Waals surface area contributed by atoms with Gasteiger partial charge in [0.25, 0.3) is 0 Å². The van der Waals surface area contributed by atoms with Crippen LogP contribution in [0.25, 0.3) is 0 Å². The first-order chi connectivity index (χ1) is 5.61. The zero-order chi connectivity index (χ0) is 9.56. The molecule has 1 atom stereocenters. The molecule has 0 spiro atoms. The summed E-state index contributed by atoms with van der Waals surface area (Å²) in [7, 11) is 1.15. The molecular weight excluding hydrogens is 160 g/mol. The topological polar surface area (TPSA) is 81.4 Å². The highest BCUT2D eigenvalue weighted by Crippen LogP contribution is 1.82. The van der Waals surface area contributed by atoms with E-state index in [1.165, 1.54) is 0 Å². The van der Waals surface area contributed by atoms with Crippen LogP contribution < -0.4 is 11.1 Å². The average molecular weight is 174 g/mol. The summed E-state index contributed by atoms with van der Waals surface area (Å²) in [6.45, 7) is 2.19. The van der Waals surface area contributed by atoms with E-state index in [2.05, 4.69) is 10.1 Å². The van der Waals surface area contributed by atoms with Gasteiger partial charge in [0, 0.05) is 12.6 Å². The van der Waals surface area contributed by atoms with Crippen molar-refractivity contribution in [3.63, 3.8) is 0 Å². The van der Waals surface area contributed by atoms with E-state index in [-0.39, 0.29) is 6.04 Å². The van der Waals surface area contributed by atoms with E-state index in [4.69, 9.17) is 5.73 Å². The largest absolute Gasteiger partial charge is 0.462 e. The van der Waals surface area contributed by atoms with Crippen molar-refractivity contribution in [2.45, 2.75) is 19.4 Å². The van der Waals surface area contributed by atoms with E-state index in [1.54, 1.807) is 0 Å². The molecule has 0 saturated heterocycles. The van der Waals surface area contributed by atoms with Crippen LogP contribution in [0.5, 0.6) is 0 Å². The lowest BCUT2D eigenvalue weighted by molar-refractivity contribution is -0.152. The van der Waals surface area contributed by atoms with Crippen molar-refractivity contribution in [3.05, 3.63) is 0 Å². The zero-order valence-corrected chi connectivity index (χ0v) is 7.29. The van der Waals surface area contributed by atoms with Crippen LogP contribution >= 0.6 is 0 Å². The van der Waals surface area contributed by atoms with E-state index < -0.39 is 11.9 Å². The number of methoxy groups -OCH3 is 1. The van der Waals surface area contributed by atoms with Crippen molar-refractivity contribution < 1.29 is 14.3 Å². The average Bonchev–Trinajstić information content (AvgIpc) is 2.11. The monoisotopic (exact) mass is 174 g/mol. The lowest BCUT2D eigenvalue weighted by atomic mass is 10.2. The third-order valence-electron chi connectivity index (χ3n) is 1.42. The van der Waals surface area contributed by atoms with Crippen molar-refractivity contribution in [1.29, 1.82) is 0 Å². The minimum atomic E-state index is -0.890. The van der Waals surface area contributed by atoms with Gasteiger partial charge in [-0.3, -0.25) is 4.79 Å². The van der Waals surface area contributed by atoms with Gasteiger partial charge in [-0.2, -0.15) is 0 Å². The number of carbonyl (C=O) groups excluding carboxylic acids is 2. The van der Waals surface area contributed by atoms with E-state index in [1.807, 2.05) is 6.92 Å². The van der Waals surface area contributed by atoms with Crippen molar-refractivity contribution >= 4 is 11.9 Å². The number of esters is 1. The molecule has 3 N–H and O–H groups in total. The van der Waals surface area contributed by atoms with Crippen LogP contribution in [0.1, 0.15) is 13.3 Å². The van der Waals surface area contributed by atoms with E-state index in [0.717, 1.165) is 13.5 Å². The van der Waals surface area contributed by atoms with Gasteiger partial charge in [0.2, 0.25) is 0 Å². The third kappa shape index (κ3) is 3.92. The second kappa shape index (κ2) is 5.54. The molecule has 0 radical (unpaired) electrons. The highest BCUT2D eigenvalue weighted by molar-refractivity contribution is 6.32. The van der Waals surface area contributed by atoms with Gasteiger partial charge in [0.15, 0.2) is 0 Å². The summed E-state index contributed by atoms with van der Waals surface area (Å²) < 4.78 is 4.19. The molecule has 0 fully saturated rings. The lowest BCUT2D eigenvalue weighted by Crippen LogP contribution is -2.40. The fourth-order valence-electron chi connectivity index (χ4n) is 0.533. The SMILES string of the molecule is CC[C@H](N)CNC(=O)C(=O)OC. The minimum absolute atomic E-state index is 0.112. The summed E-state index contributed by atoms with van der Waals surface area (Å²) in [5, 5.41) is 2.35. The van der Waals surface area contributed by atoms with Crippen LogP contribution in [0.3, 0.4) is 0 Å². The number of nitrogens with two attached hydrogens (primary N) is 1. The highest BCUT2D eigenvalue weighted by Gasteiger charge is 2.13. The van der Waals surface area contributed by atoms with Crippen LogP contribution in [0.4, 0.5) is 0 Å². The normalized spacial score (nSPS) is 11.9. The maximum atomic E-state index is 10.8. The Hall–Kier alpha value is -1.10. The van der Waals surface area contributed by atoms with E-state index in [0.29, 0.717) is 6.54 Å². The molecule has 0 aromatic heterocycles. The first-order valence-electron chi connectivity index (χ1n) is 3.73. The first kappa shape index (κ1) is 10.9. The predicted octanol–water partition coefficient (Wildman–Crippen LogP) is -0.987. The number of hydrogen-bond acceptors (Lipinski definition) is 4. The Kier molecular flexibility index (Phi) is 5.03. The Morgan fingerprint density at radius 1 is 1.58 bits per heavy atom. The fraction of sp³-hybridized carbons (Fsp3) is 0.714. The second-order valence-electron chi connectivity index (χ2n) is 2.37. The molecule has 0 aliphatic heterocycles. The van der Waals surface area contributed by atoms with Crippen LogP contribution in [-0.4, -0.2) is 31.6 Å². The molecule has 5 nitrogen and oxygen atoms in total. The minimum Gasteiger partial charge on any atom is -0.462 e. The molecule has 0 bridgehead atoms. The third-order valence-corrected chi connectivity index (χ3v) is 1.42. The molecule has 0 aromatic carbocycles. The molecule has 1 amide bonds. The first-order valence-corrected chi connectivity index (χ1v) is 3.73. The fourth-order valence-corrected chi connectivity index (χ4v) is 0.533. The highest BCUT2D eigenvalue weighted by atomic mass is 16.5. The van der Waals surface area contributed by atoms with Crippen LogP contribution in [-0.2, 0) is 14.3 Å². The molecule has 12 heavy (non-hydrogen) atoms. The Morgan fingerprint density at radius 2 is 2.17 bits per heavy atom. The van der Waals surface area contributed by atoms with E-state index >= 15 is 0 Å². The second-order valence-corrected chi connectivity index (χ2v) is 2.37. The molecule has 0 unspecified atom stereocenters. The van der Waals surface area contributed by atoms with Crippen LogP contribution in [0.15, 0.2) is 0 Å². The van der Waals surface area contributed by atoms with Gasteiger partial charge in [-0.1, -0.05) is 6.92 Å². The lowest BCUT2D eigenvalue weighted by Gasteiger charge is -2.08. The molecule has 0 aliphatic rings. The molecule has 70 valence electrons. The van der Waals surface area contributed by atoms with Crippen molar-refractivity contribution in [2.24, 2.45) is 5.73 Å². The number of hydrogen-bond donors (Lipinski definition) is 2. The quantitative estimate of drug-likeness (QED) is 0.425. The van der Waals surface area contributed by atoms with Gasteiger partial charge in [-0.15, -0.1) is 0 Å². The molecule has 0 heterocycles. The van der Waals surface area contributed by atoms with Crippen molar-refractivity contribution in [1.82, 2.24) is 5.32 Å². The molecule has 5 heteroatoms. The number of rotatable bonds is 3. The van der Waals surface area contributed by atoms with E-state index in [9.17, 15) is 9.59 Å². The van der Waals surface area contributed by atoms with Gasteiger partial charge >= 0.3 is 11.9 Å². The Morgan fingerprint density at radius 3 is 2.58 bits per heavy atom. The number of amides is 1. The standard InChI is InChI=1S/C7H14N2O3/c1-3-5(8)4-9-6(10)7(11)12-2/h5H,3-4,8H2,1-2H3,(H,9,10)/t5-/m0/s1. The Labute approximate surface area is 71.3 Å². The molecule has 0 rings (SSSR count). The molecular formula is C7H14N2O3. The summed E-state index contributed by atoms with van der Waals surface area (Å²) in [6, 6.07) is -0.112. The number of carbonyl (C=O) groups is 2. The summed E-state index contributed by atoms with van der Waals surface area (Å²) >= 11 is 0. The van der Waals surface area contributed by atoms with Gasteiger partial charge in [0.1, 0.15) is 0 Å². The Balaban J connectivity index is 3.64.